The number of aromatic nitrogens is 1. The van der Waals surface area contributed by atoms with E-state index in [1.807, 2.05) is 55.4 Å². The van der Waals surface area contributed by atoms with Crippen molar-refractivity contribution in [2.24, 2.45) is 0 Å². The van der Waals surface area contributed by atoms with Crippen LogP contribution in [0.15, 0.2) is 73.1 Å². The molecule has 6 nitrogen and oxygen atoms in total. The van der Waals surface area contributed by atoms with Gasteiger partial charge in [-0.05, 0) is 48.0 Å². The molecule has 28 heavy (non-hydrogen) atoms. The molecule has 1 heterocycles. The number of hydrogen-bond donors (Lipinski definition) is 2. The maximum atomic E-state index is 12.6. The highest BCUT2D eigenvalue weighted by molar-refractivity contribution is 6.04. The first-order chi connectivity index (χ1) is 13.5. The summed E-state index contributed by atoms with van der Waals surface area (Å²) >= 11 is 0. The Balaban J connectivity index is 1.68. The average molecular weight is 374 g/mol. The third-order valence-corrected chi connectivity index (χ3v) is 4.27. The molecule has 2 aromatic carbocycles. The Kier molecular flexibility index (Phi) is 6.01. The molecule has 0 unspecified atom stereocenters. The highest BCUT2D eigenvalue weighted by Gasteiger charge is 2.11. The van der Waals surface area contributed by atoms with Crippen LogP contribution in [0.1, 0.15) is 26.3 Å². The van der Waals surface area contributed by atoms with Gasteiger partial charge in [-0.1, -0.05) is 18.2 Å². The van der Waals surface area contributed by atoms with Gasteiger partial charge in [-0.2, -0.15) is 0 Å². The van der Waals surface area contributed by atoms with Gasteiger partial charge >= 0.3 is 0 Å². The molecule has 0 saturated heterocycles. The first-order valence-electron chi connectivity index (χ1n) is 8.89. The Morgan fingerprint density at radius 3 is 2.32 bits per heavy atom. The molecule has 0 fully saturated rings. The molecule has 1 aromatic heterocycles. The number of anilines is 2. The van der Waals surface area contributed by atoms with E-state index < -0.39 is 0 Å². The van der Waals surface area contributed by atoms with E-state index in [2.05, 4.69) is 15.6 Å². The van der Waals surface area contributed by atoms with Crippen LogP contribution in [0.2, 0.25) is 0 Å². The molecular formula is C22H22N4O2. The van der Waals surface area contributed by atoms with E-state index in [4.69, 9.17) is 0 Å². The van der Waals surface area contributed by atoms with Gasteiger partial charge in [0.05, 0.1) is 5.56 Å². The van der Waals surface area contributed by atoms with E-state index in [-0.39, 0.29) is 11.8 Å². The number of nitrogens with one attached hydrogen (secondary N) is 2. The number of carbonyl (C=O) groups excluding carboxylic acids is 2. The van der Waals surface area contributed by atoms with Crippen LogP contribution in [0.5, 0.6) is 0 Å². The molecule has 0 spiro atoms. The van der Waals surface area contributed by atoms with Gasteiger partial charge in [0.15, 0.2) is 0 Å². The summed E-state index contributed by atoms with van der Waals surface area (Å²) in [5.74, 6) is -0.412. The summed E-state index contributed by atoms with van der Waals surface area (Å²) in [5, 5.41) is 5.78. The summed E-state index contributed by atoms with van der Waals surface area (Å²) < 4.78 is 0. The minimum Gasteiger partial charge on any atom is -0.378 e. The van der Waals surface area contributed by atoms with Crippen LogP contribution in [0.4, 0.5) is 11.4 Å². The van der Waals surface area contributed by atoms with Crippen LogP contribution < -0.4 is 15.5 Å². The van der Waals surface area contributed by atoms with Crippen LogP contribution in [0.3, 0.4) is 0 Å². The third kappa shape index (κ3) is 4.73. The van der Waals surface area contributed by atoms with Crippen molar-refractivity contribution in [1.29, 1.82) is 0 Å². The number of pyridine rings is 1. The summed E-state index contributed by atoms with van der Waals surface area (Å²) in [7, 11) is 3.90. The van der Waals surface area contributed by atoms with Gasteiger partial charge in [-0.3, -0.25) is 14.6 Å². The quantitative estimate of drug-likeness (QED) is 0.694. The first-order valence-corrected chi connectivity index (χ1v) is 8.89. The zero-order valence-electron chi connectivity index (χ0n) is 15.8. The van der Waals surface area contributed by atoms with Crippen LogP contribution >= 0.6 is 0 Å². The lowest BCUT2D eigenvalue weighted by Gasteiger charge is -2.14. The lowest BCUT2D eigenvalue weighted by Crippen LogP contribution is -2.24. The highest BCUT2D eigenvalue weighted by atomic mass is 16.2. The number of amides is 2. The van der Waals surface area contributed by atoms with E-state index in [0.29, 0.717) is 23.4 Å². The van der Waals surface area contributed by atoms with E-state index in [1.165, 1.54) is 6.20 Å². The Hall–Kier alpha value is -3.67. The topological polar surface area (TPSA) is 74.3 Å². The van der Waals surface area contributed by atoms with Gasteiger partial charge < -0.3 is 15.5 Å². The smallest absolute Gasteiger partial charge is 0.255 e. The van der Waals surface area contributed by atoms with Crippen LogP contribution in [0.25, 0.3) is 0 Å². The fourth-order valence-electron chi connectivity index (χ4n) is 2.68. The molecule has 0 radical (unpaired) electrons. The Bertz CT molecular complexity index is 954. The number of nitrogens with zero attached hydrogens (tertiary/aromatic N) is 2. The van der Waals surface area contributed by atoms with E-state index in [1.54, 1.807) is 30.5 Å². The van der Waals surface area contributed by atoms with Crippen molar-refractivity contribution in [2.75, 3.05) is 24.3 Å². The average Bonchev–Trinajstić information content (AvgIpc) is 2.73. The van der Waals surface area contributed by atoms with Gasteiger partial charge in [-0.25, -0.2) is 0 Å². The molecule has 3 aromatic rings. The predicted octanol–water partition coefficient (Wildman–Crippen LogP) is 3.33. The van der Waals surface area contributed by atoms with Crippen LogP contribution in [-0.4, -0.2) is 30.9 Å². The van der Waals surface area contributed by atoms with Crippen LogP contribution in [0, 0.1) is 0 Å². The molecule has 0 aliphatic heterocycles. The van der Waals surface area contributed by atoms with Crippen molar-refractivity contribution in [2.45, 2.75) is 6.54 Å². The van der Waals surface area contributed by atoms with E-state index in [0.717, 1.165) is 11.3 Å². The van der Waals surface area contributed by atoms with Crippen molar-refractivity contribution in [3.63, 3.8) is 0 Å². The maximum absolute atomic E-state index is 12.6. The molecule has 2 N–H and O–H groups in total. The van der Waals surface area contributed by atoms with E-state index >= 15 is 0 Å². The fourth-order valence-corrected chi connectivity index (χ4v) is 2.68. The molecule has 142 valence electrons. The normalized spacial score (nSPS) is 10.2. The van der Waals surface area contributed by atoms with Crippen molar-refractivity contribution in [1.82, 2.24) is 10.3 Å². The summed E-state index contributed by atoms with van der Waals surface area (Å²) in [6.45, 7) is 0.295. The summed E-state index contributed by atoms with van der Waals surface area (Å²) in [4.78, 5) is 30.7. The number of benzene rings is 2. The predicted molar refractivity (Wildman–Crippen MR) is 111 cm³/mol. The largest absolute Gasteiger partial charge is 0.378 e. The standard InChI is InChI=1S/C22H22N4O2/c1-26(2)19-11-9-16(10-12-19)22(28)25-20-8-4-3-6-17(20)15-24-21(27)18-7-5-13-23-14-18/h3-14H,15H2,1-2H3,(H,24,27)(H,25,28). The zero-order valence-corrected chi connectivity index (χ0v) is 15.8. The van der Waals surface area contributed by atoms with Crippen molar-refractivity contribution in [3.05, 3.63) is 89.7 Å². The van der Waals surface area contributed by atoms with Gasteiger partial charge in [0.25, 0.3) is 11.8 Å². The zero-order chi connectivity index (χ0) is 19.9. The molecule has 0 aliphatic carbocycles. The molecule has 3 rings (SSSR count). The lowest BCUT2D eigenvalue weighted by atomic mass is 10.1. The van der Waals surface area contributed by atoms with Crippen molar-refractivity contribution >= 4 is 23.2 Å². The molecule has 0 aliphatic rings. The fraction of sp³-hybridized carbons (Fsp3) is 0.136. The van der Waals surface area contributed by atoms with Gasteiger partial charge in [-0.15, -0.1) is 0 Å². The minimum atomic E-state index is -0.214. The number of para-hydroxylation sites is 1. The van der Waals surface area contributed by atoms with E-state index in [9.17, 15) is 9.59 Å². The lowest BCUT2D eigenvalue weighted by molar-refractivity contribution is 0.0950. The van der Waals surface area contributed by atoms with Crippen molar-refractivity contribution < 1.29 is 9.59 Å². The second-order valence-corrected chi connectivity index (χ2v) is 6.48. The third-order valence-electron chi connectivity index (χ3n) is 4.27. The molecular weight excluding hydrogens is 352 g/mol. The summed E-state index contributed by atoms with van der Waals surface area (Å²) in [5.41, 5.74) is 3.56. The minimum absolute atomic E-state index is 0.198. The Labute approximate surface area is 164 Å². The van der Waals surface area contributed by atoms with Crippen LogP contribution in [-0.2, 0) is 6.54 Å². The number of hydrogen-bond acceptors (Lipinski definition) is 4. The molecule has 0 bridgehead atoms. The molecule has 6 heteroatoms. The van der Waals surface area contributed by atoms with Gasteiger partial charge in [0, 0.05) is 50.0 Å². The summed E-state index contributed by atoms with van der Waals surface area (Å²) in [6, 6.07) is 18.2. The molecule has 0 atom stereocenters. The number of rotatable bonds is 6. The first kappa shape index (κ1) is 19.1. The molecule has 2 amide bonds. The number of carbonyl (C=O) groups is 2. The summed E-state index contributed by atoms with van der Waals surface area (Å²) in [6.07, 6.45) is 3.13. The second kappa shape index (κ2) is 8.81. The van der Waals surface area contributed by atoms with Crippen molar-refractivity contribution in [3.8, 4) is 0 Å². The maximum Gasteiger partial charge on any atom is 0.255 e. The Morgan fingerprint density at radius 2 is 1.64 bits per heavy atom. The highest BCUT2D eigenvalue weighted by Crippen LogP contribution is 2.18. The molecule has 0 saturated carbocycles. The Morgan fingerprint density at radius 1 is 0.893 bits per heavy atom. The van der Waals surface area contributed by atoms with Gasteiger partial charge in [0.1, 0.15) is 0 Å². The SMILES string of the molecule is CN(C)c1ccc(C(=O)Nc2ccccc2CNC(=O)c2cccnc2)cc1. The second-order valence-electron chi connectivity index (χ2n) is 6.48. The van der Waals surface area contributed by atoms with Gasteiger partial charge in [0.2, 0.25) is 0 Å². The monoisotopic (exact) mass is 374 g/mol.